The van der Waals surface area contributed by atoms with E-state index >= 15 is 0 Å². The Morgan fingerprint density at radius 1 is 1.03 bits per heavy atom. The van der Waals surface area contributed by atoms with Crippen LogP contribution >= 0.6 is 11.6 Å². The normalized spacial score (nSPS) is 23.6. The van der Waals surface area contributed by atoms with Crippen LogP contribution in [0.15, 0.2) is 12.7 Å². The van der Waals surface area contributed by atoms with Crippen LogP contribution in [0.3, 0.4) is 0 Å². The molecule has 0 N–H and O–H groups in total. The van der Waals surface area contributed by atoms with Crippen LogP contribution in [-0.4, -0.2) is 23.8 Å². The van der Waals surface area contributed by atoms with Crippen molar-refractivity contribution in [3.05, 3.63) is 47.3 Å². The second kappa shape index (κ2) is 8.08. The highest BCUT2D eigenvalue weighted by molar-refractivity contribution is 6.20. The second-order valence-corrected chi connectivity index (χ2v) is 7.79. The molecule has 1 aliphatic rings. The van der Waals surface area contributed by atoms with Gasteiger partial charge in [0.2, 0.25) is 11.4 Å². The summed E-state index contributed by atoms with van der Waals surface area (Å²) in [4.78, 5) is 12.5. The molecule has 1 aromatic rings. The van der Waals surface area contributed by atoms with E-state index in [1.165, 1.54) is 0 Å². The lowest BCUT2D eigenvalue weighted by Gasteiger charge is -2.23. The summed E-state index contributed by atoms with van der Waals surface area (Å²) >= 11 is 4.79. The van der Waals surface area contributed by atoms with Crippen LogP contribution in [0, 0.1) is 45.8 Å². The molecule has 1 aromatic carbocycles. The fourth-order valence-corrected chi connectivity index (χ4v) is 3.75. The highest BCUT2D eigenvalue weighted by Gasteiger charge is 2.83. The predicted octanol–water partition coefficient (Wildman–Crippen LogP) is 5.99. The molecule has 0 bridgehead atoms. The summed E-state index contributed by atoms with van der Waals surface area (Å²) in [6, 6.07) is 0. The van der Waals surface area contributed by atoms with Crippen LogP contribution in [0.4, 0.5) is 43.9 Å². The zero-order valence-corrected chi connectivity index (χ0v) is 16.8. The van der Waals surface area contributed by atoms with Crippen molar-refractivity contribution < 1.29 is 58.2 Å². The third kappa shape index (κ3) is 3.93. The first-order valence-corrected chi connectivity index (χ1v) is 8.89. The van der Waals surface area contributed by atoms with Crippen molar-refractivity contribution >= 4 is 17.6 Å². The number of carbonyl (C=O) groups excluding carboxylic acids is 1. The third-order valence-corrected chi connectivity index (χ3v) is 5.66. The number of esters is 1. The van der Waals surface area contributed by atoms with Gasteiger partial charge < -0.3 is 4.74 Å². The van der Waals surface area contributed by atoms with Gasteiger partial charge in [-0.15, -0.1) is 6.58 Å². The van der Waals surface area contributed by atoms with E-state index in [2.05, 4.69) is 16.1 Å². The monoisotopic (exact) mass is 502 g/mol. The molecular weight excluding hydrogens is 490 g/mol. The van der Waals surface area contributed by atoms with E-state index < -0.39 is 81.8 Å². The first-order valence-electron chi connectivity index (χ1n) is 8.45. The molecule has 1 fully saturated rings. The summed E-state index contributed by atoms with van der Waals surface area (Å²) < 4.78 is 142. The van der Waals surface area contributed by atoms with E-state index in [0.717, 1.165) is 13.8 Å². The lowest BCUT2D eigenvalue weighted by Crippen LogP contribution is -2.38. The highest BCUT2D eigenvalue weighted by Crippen LogP contribution is 2.75. The van der Waals surface area contributed by atoms with Crippen LogP contribution in [0.2, 0.25) is 0 Å². The minimum absolute atomic E-state index is 0.604. The van der Waals surface area contributed by atoms with Gasteiger partial charge in [-0.25, -0.2) is 22.0 Å². The number of alkyl halides is 6. The SMILES string of the molecule is C=CC1(C(=O)OCc2c(F)c(F)c(F)c(F)c2F)C(C(F)(F)OC(Cl)C(F)(F)F)C1(C)C. The number of carbonyl (C=O) groups is 1. The topological polar surface area (TPSA) is 35.5 Å². The first kappa shape index (κ1) is 26.2. The number of benzene rings is 1. The van der Waals surface area contributed by atoms with E-state index in [0.29, 0.717) is 6.08 Å². The van der Waals surface area contributed by atoms with Gasteiger partial charge in [0.25, 0.3) is 0 Å². The Labute approximate surface area is 178 Å². The molecule has 0 aromatic heterocycles. The summed E-state index contributed by atoms with van der Waals surface area (Å²) in [7, 11) is 0. The van der Waals surface area contributed by atoms with Crippen LogP contribution in [0.25, 0.3) is 0 Å². The lowest BCUT2D eigenvalue weighted by molar-refractivity contribution is -0.316. The van der Waals surface area contributed by atoms with E-state index in [-0.39, 0.29) is 0 Å². The second-order valence-electron chi connectivity index (χ2n) is 7.39. The first-order chi connectivity index (χ1) is 14.4. The lowest BCUT2D eigenvalue weighted by atomic mass is 9.96. The van der Waals surface area contributed by atoms with Crippen molar-refractivity contribution in [3.63, 3.8) is 0 Å². The molecule has 0 radical (unpaired) electrons. The summed E-state index contributed by atoms with van der Waals surface area (Å²) in [6.07, 6.45) is -9.44. The molecule has 0 saturated heterocycles. The predicted molar refractivity (Wildman–Crippen MR) is 87.7 cm³/mol. The fourth-order valence-electron chi connectivity index (χ4n) is 3.63. The number of ether oxygens (including phenoxy) is 2. The quantitative estimate of drug-likeness (QED) is 0.115. The average molecular weight is 503 g/mol. The summed E-state index contributed by atoms with van der Waals surface area (Å²) in [5, 5.41) is 0. The molecule has 0 spiro atoms. The molecule has 0 heterocycles. The Morgan fingerprint density at radius 3 is 1.88 bits per heavy atom. The maximum Gasteiger partial charge on any atom is 0.428 e. The fraction of sp³-hybridized carbons (Fsp3) is 0.500. The van der Waals surface area contributed by atoms with Gasteiger partial charge in [-0.05, 0) is 5.41 Å². The van der Waals surface area contributed by atoms with Crippen LogP contribution in [0.5, 0.6) is 0 Å². The average Bonchev–Trinajstić information content (AvgIpc) is 3.21. The maximum atomic E-state index is 14.4. The van der Waals surface area contributed by atoms with Gasteiger partial charge >= 0.3 is 18.3 Å². The molecule has 3 nitrogen and oxygen atoms in total. The van der Waals surface area contributed by atoms with E-state index in [1.807, 2.05) is 0 Å². The van der Waals surface area contributed by atoms with Gasteiger partial charge in [0.15, 0.2) is 23.3 Å². The molecule has 180 valence electrons. The van der Waals surface area contributed by atoms with Crippen molar-refractivity contribution in [3.8, 4) is 0 Å². The molecule has 0 aliphatic heterocycles. The summed E-state index contributed by atoms with van der Waals surface area (Å²) in [5.74, 6) is -15.8. The minimum atomic E-state index is -5.38. The zero-order chi connectivity index (χ0) is 25.0. The van der Waals surface area contributed by atoms with Crippen LogP contribution < -0.4 is 0 Å². The van der Waals surface area contributed by atoms with E-state index in [4.69, 9.17) is 11.6 Å². The Balaban J connectivity index is 2.32. The molecule has 3 atom stereocenters. The van der Waals surface area contributed by atoms with Gasteiger partial charge in [-0.2, -0.15) is 22.0 Å². The van der Waals surface area contributed by atoms with Crippen molar-refractivity contribution in [2.75, 3.05) is 0 Å². The molecule has 3 unspecified atom stereocenters. The van der Waals surface area contributed by atoms with E-state index in [9.17, 15) is 48.7 Å². The molecule has 2 rings (SSSR count). The third-order valence-electron chi connectivity index (χ3n) is 5.32. The van der Waals surface area contributed by atoms with Gasteiger partial charge in [0, 0.05) is 0 Å². The largest absolute Gasteiger partial charge is 0.460 e. The molecule has 14 heteroatoms. The Kier molecular flexibility index (Phi) is 6.63. The molecule has 1 aliphatic carbocycles. The van der Waals surface area contributed by atoms with E-state index in [1.54, 1.807) is 0 Å². The van der Waals surface area contributed by atoms with Gasteiger partial charge in [-0.1, -0.05) is 31.5 Å². The maximum absolute atomic E-state index is 14.4. The number of halogens is 11. The number of hydrogen-bond donors (Lipinski definition) is 0. The van der Waals surface area contributed by atoms with Crippen molar-refractivity contribution in [2.24, 2.45) is 16.7 Å². The summed E-state index contributed by atoms with van der Waals surface area (Å²) in [5.41, 5.74) is -9.32. The smallest absolute Gasteiger partial charge is 0.428 e. The highest BCUT2D eigenvalue weighted by atomic mass is 35.5. The van der Waals surface area contributed by atoms with Crippen LogP contribution in [-0.2, 0) is 20.9 Å². The van der Waals surface area contributed by atoms with Crippen LogP contribution in [0.1, 0.15) is 19.4 Å². The van der Waals surface area contributed by atoms with Gasteiger partial charge in [-0.3, -0.25) is 9.53 Å². The molecular formula is C18H13ClF10O3. The minimum Gasteiger partial charge on any atom is -0.460 e. The summed E-state index contributed by atoms with van der Waals surface area (Å²) in [6.45, 7) is 3.63. The van der Waals surface area contributed by atoms with Crippen molar-refractivity contribution in [1.82, 2.24) is 0 Å². The Morgan fingerprint density at radius 2 is 1.47 bits per heavy atom. The molecule has 0 amide bonds. The number of rotatable bonds is 7. The van der Waals surface area contributed by atoms with Gasteiger partial charge in [0.1, 0.15) is 12.0 Å². The molecule has 32 heavy (non-hydrogen) atoms. The molecule has 1 saturated carbocycles. The Hall–Kier alpha value is -2.02. The Bertz CT molecular complexity index is 917. The number of hydrogen-bond acceptors (Lipinski definition) is 3. The van der Waals surface area contributed by atoms with Gasteiger partial charge in [0.05, 0.1) is 11.5 Å². The van der Waals surface area contributed by atoms with Crippen molar-refractivity contribution in [1.29, 1.82) is 0 Å². The van der Waals surface area contributed by atoms with Crippen molar-refractivity contribution in [2.45, 2.75) is 38.3 Å². The standard InChI is InChI=1S/C18H13ClF10O3/c1-4-16(12(15(16,2)3)18(28,29)32-13(19)17(25,26)27)14(30)31-5-6-7(20)9(22)11(24)10(23)8(6)21/h4,12-13H,1,5H2,2-3H3. The zero-order valence-electron chi connectivity index (χ0n) is 16.0.